The molecule has 0 N–H and O–H groups in total. The van der Waals surface area contributed by atoms with Gasteiger partial charge >= 0.3 is 0 Å². The monoisotopic (exact) mass is 264 g/mol. The number of fused-ring (bicyclic) bond motifs is 5. The van der Waals surface area contributed by atoms with Crippen molar-refractivity contribution in [3.8, 4) is 0 Å². The van der Waals surface area contributed by atoms with Crippen molar-refractivity contribution >= 4 is 17.1 Å². The number of anilines is 3. The molecule has 3 atom stereocenters. The van der Waals surface area contributed by atoms with Gasteiger partial charge in [-0.25, -0.2) is 0 Å². The molecule has 4 rings (SSSR count). The van der Waals surface area contributed by atoms with Gasteiger partial charge in [-0.2, -0.15) is 0 Å². The minimum atomic E-state index is 0.428. The van der Waals surface area contributed by atoms with Crippen molar-refractivity contribution in [1.82, 2.24) is 0 Å². The van der Waals surface area contributed by atoms with Crippen LogP contribution in [0.1, 0.15) is 25.3 Å². The van der Waals surface area contributed by atoms with Crippen molar-refractivity contribution in [1.29, 1.82) is 0 Å². The van der Waals surface area contributed by atoms with Crippen LogP contribution in [0.25, 0.3) is 0 Å². The minimum Gasteiger partial charge on any atom is -0.352 e. The molecule has 2 aromatic rings. The molecule has 2 aromatic carbocycles. The zero-order valence-electron chi connectivity index (χ0n) is 12.2. The van der Waals surface area contributed by atoms with E-state index < -0.39 is 0 Å². The summed E-state index contributed by atoms with van der Waals surface area (Å²) < 4.78 is 0. The van der Waals surface area contributed by atoms with Crippen molar-refractivity contribution in [2.24, 2.45) is 5.92 Å². The van der Waals surface area contributed by atoms with Crippen molar-refractivity contribution < 1.29 is 0 Å². The Morgan fingerprint density at radius 2 is 1.40 bits per heavy atom. The minimum absolute atomic E-state index is 0.428. The van der Waals surface area contributed by atoms with Crippen LogP contribution in [0, 0.1) is 5.92 Å². The van der Waals surface area contributed by atoms with Gasteiger partial charge in [0, 0.05) is 18.7 Å². The standard InChI is InChI=1S/C18H20N2/c1-12-13(2)18-19(3)16-10-6-7-11-17(16)20(18)15-9-5-4-8-14(12)15/h4-13,18H,1-3H3. The molecule has 102 valence electrons. The summed E-state index contributed by atoms with van der Waals surface area (Å²) in [5.41, 5.74) is 5.53. The maximum Gasteiger partial charge on any atom is 0.109 e. The number of hydrogen-bond donors (Lipinski definition) is 0. The fraction of sp³-hybridized carbons (Fsp3) is 0.333. The summed E-state index contributed by atoms with van der Waals surface area (Å²) in [6.45, 7) is 4.73. The molecule has 20 heavy (non-hydrogen) atoms. The fourth-order valence-electron chi connectivity index (χ4n) is 3.92. The number of rotatable bonds is 0. The second-order valence-corrected chi connectivity index (χ2v) is 6.09. The Bertz CT molecular complexity index is 664. The summed E-state index contributed by atoms with van der Waals surface area (Å²) in [6, 6.07) is 17.6. The zero-order chi connectivity index (χ0) is 13.9. The van der Waals surface area contributed by atoms with Crippen molar-refractivity contribution in [3.05, 3.63) is 54.1 Å². The molecule has 0 fully saturated rings. The Kier molecular flexibility index (Phi) is 2.38. The van der Waals surface area contributed by atoms with Gasteiger partial charge in [0.2, 0.25) is 0 Å². The quantitative estimate of drug-likeness (QED) is 0.698. The summed E-state index contributed by atoms with van der Waals surface area (Å²) in [7, 11) is 2.22. The van der Waals surface area contributed by atoms with E-state index in [4.69, 9.17) is 0 Å². The zero-order valence-corrected chi connectivity index (χ0v) is 12.2. The van der Waals surface area contributed by atoms with Crippen LogP contribution in [-0.4, -0.2) is 13.2 Å². The molecule has 0 bridgehead atoms. The molecule has 0 saturated carbocycles. The molecule has 0 saturated heterocycles. The highest BCUT2D eigenvalue weighted by Crippen LogP contribution is 2.52. The third-order valence-corrected chi connectivity index (χ3v) is 5.13. The maximum atomic E-state index is 2.52. The smallest absolute Gasteiger partial charge is 0.109 e. The first-order valence-corrected chi connectivity index (χ1v) is 7.40. The van der Waals surface area contributed by atoms with Crippen LogP contribution in [0.5, 0.6) is 0 Å². The van der Waals surface area contributed by atoms with E-state index in [1.807, 2.05) is 0 Å². The molecule has 2 aliphatic rings. The average molecular weight is 264 g/mol. The van der Waals surface area contributed by atoms with E-state index in [9.17, 15) is 0 Å². The first kappa shape index (κ1) is 11.8. The third kappa shape index (κ3) is 1.34. The van der Waals surface area contributed by atoms with E-state index in [0.29, 0.717) is 18.0 Å². The number of nitrogens with zero attached hydrogens (tertiary/aromatic N) is 2. The molecule has 0 aromatic heterocycles. The van der Waals surface area contributed by atoms with Crippen molar-refractivity contribution in [2.45, 2.75) is 25.9 Å². The van der Waals surface area contributed by atoms with Crippen LogP contribution >= 0.6 is 0 Å². The van der Waals surface area contributed by atoms with Crippen LogP contribution in [0.2, 0.25) is 0 Å². The largest absolute Gasteiger partial charge is 0.352 e. The molecular formula is C18H20N2. The predicted octanol–water partition coefficient (Wildman–Crippen LogP) is 4.35. The summed E-state index contributed by atoms with van der Waals surface area (Å²) in [5.74, 6) is 1.19. The summed E-state index contributed by atoms with van der Waals surface area (Å²) in [5, 5.41) is 0. The highest BCUT2D eigenvalue weighted by atomic mass is 15.4. The lowest BCUT2D eigenvalue weighted by Gasteiger charge is -2.44. The van der Waals surface area contributed by atoms with Crippen LogP contribution in [0.3, 0.4) is 0 Å². The van der Waals surface area contributed by atoms with Crippen molar-refractivity contribution in [2.75, 3.05) is 16.8 Å². The summed E-state index contributed by atoms with van der Waals surface area (Å²) in [6.07, 6.45) is 0.428. The van der Waals surface area contributed by atoms with E-state index in [2.05, 4.69) is 79.2 Å². The van der Waals surface area contributed by atoms with Gasteiger partial charge in [-0.15, -0.1) is 0 Å². The SMILES string of the molecule is CC1c2ccccc2N2c3ccccc3N(C)C2C1C. The molecular weight excluding hydrogens is 244 g/mol. The van der Waals surface area contributed by atoms with Gasteiger partial charge < -0.3 is 9.80 Å². The molecule has 0 spiro atoms. The fourth-order valence-corrected chi connectivity index (χ4v) is 3.92. The Balaban J connectivity index is 1.98. The number of benzene rings is 2. The Morgan fingerprint density at radius 1 is 0.800 bits per heavy atom. The van der Waals surface area contributed by atoms with E-state index in [1.165, 1.54) is 22.6 Å². The van der Waals surface area contributed by atoms with E-state index >= 15 is 0 Å². The van der Waals surface area contributed by atoms with Gasteiger partial charge in [-0.05, 0) is 29.7 Å². The highest BCUT2D eigenvalue weighted by molar-refractivity contribution is 5.85. The molecule has 0 aliphatic carbocycles. The highest BCUT2D eigenvalue weighted by Gasteiger charge is 2.44. The van der Waals surface area contributed by atoms with Gasteiger partial charge in [-0.3, -0.25) is 0 Å². The predicted molar refractivity (Wildman–Crippen MR) is 84.8 cm³/mol. The molecule has 2 aliphatic heterocycles. The van der Waals surface area contributed by atoms with Gasteiger partial charge in [0.1, 0.15) is 6.17 Å². The average Bonchev–Trinajstić information content (AvgIpc) is 2.79. The summed E-state index contributed by atoms with van der Waals surface area (Å²) in [4.78, 5) is 4.96. The normalized spacial score (nSPS) is 27.1. The Morgan fingerprint density at radius 3 is 2.15 bits per heavy atom. The lowest BCUT2D eigenvalue weighted by atomic mass is 9.81. The topological polar surface area (TPSA) is 6.48 Å². The maximum absolute atomic E-state index is 2.52. The second-order valence-electron chi connectivity index (χ2n) is 6.09. The first-order valence-electron chi connectivity index (χ1n) is 7.40. The van der Waals surface area contributed by atoms with Crippen molar-refractivity contribution in [3.63, 3.8) is 0 Å². The molecule has 0 amide bonds. The van der Waals surface area contributed by atoms with Crippen LogP contribution in [0.4, 0.5) is 17.1 Å². The third-order valence-electron chi connectivity index (χ3n) is 5.13. The van der Waals surface area contributed by atoms with E-state index in [1.54, 1.807) is 0 Å². The molecule has 0 radical (unpaired) electrons. The number of hydrogen-bond acceptors (Lipinski definition) is 2. The van der Waals surface area contributed by atoms with Gasteiger partial charge in [-0.1, -0.05) is 44.2 Å². The van der Waals surface area contributed by atoms with E-state index in [0.717, 1.165) is 0 Å². The van der Waals surface area contributed by atoms with Gasteiger partial charge in [0.05, 0.1) is 11.4 Å². The Hall–Kier alpha value is -1.96. The van der Waals surface area contributed by atoms with Gasteiger partial charge in [0.15, 0.2) is 0 Å². The number of para-hydroxylation sites is 3. The Labute approximate surface area is 120 Å². The van der Waals surface area contributed by atoms with Crippen LogP contribution in [0.15, 0.2) is 48.5 Å². The molecule has 2 heterocycles. The van der Waals surface area contributed by atoms with Crippen LogP contribution < -0.4 is 9.80 Å². The lowest BCUT2D eigenvalue weighted by molar-refractivity contribution is 0.380. The van der Waals surface area contributed by atoms with Crippen LogP contribution in [-0.2, 0) is 0 Å². The molecule has 2 heteroatoms. The second kappa shape index (κ2) is 4.02. The first-order chi connectivity index (χ1) is 9.70. The molecule has 3 unspecified atom stereocenters. The molecule has 2 nitrogen and oxygen atoms in total. The lowest BCUT2D eigenvalue weighted by Crippen LogP contribution is -2.48. The summed E-state index contributed by atoms with van der Waals surface area (Å²) >= 11 is 0. The van der Waals surface area contributed by atoms with Gasteiger partial charge in [0.25, 0.3) is 0 Å². The van der Waals surface area contributed by atoms with E-state index in [-0.39, 0.29) is 0 Å².